The third kappa shape index (κ3) is 6.00. The fourth-order valence-corrected chi connectivity index (χ4v) is 4.27. The van der Waals surface area contributed by atoms with E-state index < -0.39 is 15.9 Å². The zero-order chi connectivity index (χ0) is 24.0. The first-order valence-corrected chi connectivity index (χ1v) is 11.8. The predicted octanol–water partition coefficient (Wildman–Crippen LogP) is 4.62. The van der Waals surface area contributed by atoms with Crippen molar-refractivity contribution in [3.63, 3.8) is 0 Å². The minimum absolute atomic E-state index is 0.0512. The van der Waals surface area contributed by atoms with E-state index >= 15 is 0 Å². The van der Waals surface area contributed by atoms with E-state index in [1.165, 1.54) is 30.3 Å². The lowest BCUT2D eigenvalue weighted by Crippen LogP contribution is -2.25. The maximum Gasteiger partial charge on any atom is 0.261 e. The van der Waals surface area contributed by atoms with Gasteiger partial charge in [-0.2, -0.15) is 0 Å². The lowest BCUT2D eigenvalue weighted by atomic mass is 10.1. The first-order valence-electron chi connectivity index (χ1n) is 9.90. The summed E-state index contributed by atoms with van der Waals surface area (Å²) < 4.78 is 27.6. The topological polar surface area (TPSA) is 104 Å². The summed E-state index contributed by atoms with van der Waals surface area (Å²) in [5, 5.41) is 5.40. The van der Waals surface area contributed by atoms with E-state index in [-0.39, 0.29) is 33.6 Å². The van der Waals surface area contributed by atoms with Gasteiger partial charge in [-0.25, -0.2) is 8.42 Å². The van der Waals surface area contributed by atoms with Crippen LogP contribution in [-0.4, -0.2) is 26.8 Å². The number of anilines is 2. The Morgan fingerprint density at radius 2 is 1.67 bits per heavy atom. The van der Waals surface area contributed by atoms with Crippen molar-refractivity contribution in [3.8, 4) is 0 Å². The van der Waals surface area contributed by atoms with Gasteiger partial charge in [0.2, 0.25) is 0 Å². The number of sulfonamides is 1. The molecule has 0 bridgehead atoms. The Labute approximate surface area is 197 Å². The molecule has 0 saturated carbocycles. The van der Waals surface area contributed by atoms with Crippen LogP contribution in [0.2, 0.25) is 5.02 Å². The number of para-hydroxylation sites is 1. The summed E-state index contributed by atoms with van der Waals surface area (Å²) in [6.07, 6.45) is 1.55. The number of hydrogen-bond acceptors (Lipinski definition) is 4. The highest BCUT2D eigenvalue weighted by Crippen LogP contribution is 2.27. The van der Waals surface area contributed by atoms with Gasteiger partial charge in [-0.3, -0.25) is 14.3 Å². The quantitative estimate of drug-likeness (QED) is 0.407. The van der Waals surface area contributed by atoms with Crippen LogP contribution >= 0.6 is 11.6 Å². The van der Waals surface area contributed by atoms with Crippen molar-refractivity contribution in [2.45, 2.75) is 11.8 Å². The molecule has 0 aliphatic carbocycles. The molecular weight excluding hydrogens is 462 g/mol. The third-order valence-corrected chi connectivity index (χ3v) is 6.33. The Morgan fingerprint density at radius 1 is 0.970 bits per heavy atom. The van der Waals surface area contributed by atoms with Gasteiger partial charge in [0.15, 0.2) is 0 Å². The van der Waals surface area contributed by atoms with E-state index in [0.717, 1.165) is 5.56 Å². The van der Waals surface area contributed by atoms with Crippen molar-refractivity contribution in [1.82, 2.24) is 5.32 Å². The number of carbonyl (C=O) groups excluding carboxylic acids is 2. The fraction of sp³-hybridized carbons (Fsp3) is 0.0833. The maximum atomic E-state index is 12.7. The minimum atomic E-state index is -3.84. The lowest BCUT2D eigenvalue weighted by Gasteiger charge is -2.13. The molecule has 0 unspecified atom stereocenters. The molecule has 3 aromatic rings. The van der Waals surface area contributed by atoms with Crippen molar-refractivity contribution in [1.29, 1.82) is 0 Å². The number of rotatable bonds is 8. The zero-order valence-electron chi connectivity index (χ0n) is 17.8. The van der Waals surface area contributed by atoms with Gasteiger partial charge in [0.05, 0.1) is 26.9 Å². The molecule has 9 heteroatoms. The van der Waals surface area contributed by atoms with Gasteiger partial charge in [-0.1, -0.05) is 47.5 Å². The largest absolute Gasteiger partial charge is 0.349 e. The van der Waals surface area contributed by atoms with Crippen molar-refractivity contribution in [3.05, 3.63) is 101 Å². The Morgan fingerprint density at radius 3 is 2.33 bits per heavy atom. The van der Waals surface area contributed by atoms with Gasteiger partial charge in [-0.15, -0.1) is 6.58 Å². The highest BCUT2D eigenvalue weighted by atomic mass is 35.5. The summed E-state index contributed by atoms with van der Waals surface area (Å²) in [5.41, 5.74) is 1.88. The van der Waals surface area contributed by atoms with E-state index in [0.29, 0.717) is 11.3 Å². The molecule has 0 fully saturated rings. The minimum Gasteiger partial charge on any atom is -0.349 e. The Hall–Kier alpha value is -3.62. The Balaban J connectivity index is 1.78. The smallest absolute Gasteiger partial charge is 0.261 e. The van der Waals surface area contributed by atoms with Crippen LogP contribution in [0, 0.1) is 6.92 Å². The van der Waals surface area contributed by atoms with Crippen LogP contribution in [0.1, 0.15) is 26.3 Å². The molecular formula is C24H22ClN3O4S. The number of amides is 2. The number of benzene rings is 3. The molecule has 33 heavy (non-hydrogen) atoms. The van der Waals surface area contributed by atoms with Crippen molar-refractivity contribution in [2.75, 3.05) is 16.6 Å². The van der Waals surface area contributed by atoms with Gasteiger partial charge in [0.1, 0.15) is 0 Å². The van der Waals surface area contributed by atoms with Gasteiger partial charge in [0.25, 0.3) is 21.8 Å². The molecule has 3 N–H and O–H groups in total. The summed E-state index contributed by atoms with van der Waals surface area (Å²) in [7, 11) is -3.84. The van der Waals surface area contributed by atoms with E-state index in [2.05, 4.69) is 21.9 Å². The predicted molar refractivity (Wildman–Crippen MR) is 130 cm³/mol. The van der Waals surface area contributed by atoms with E-state index in [1.54, 1.807) is 42.5 Å². The average Bonchev–Trinajstić information content (AvgIpc) is 2.79. The van der Waals surface area contributed by atoms with Crippen LogP contribution in [0.5, 0.6) is 0 Å². The standard InChI is InChI=1S/C24H22ClN3O4S/c1-3-14-26-24(30)19-6-4-5-7-21(19)27-23(29)17-10-13-22(20(25)15-17)28-33(31,32)18-11-8-16(2)9-12-18/h3-13,15,28H,1,14H2,2H3,(H,26,30)(H,27,29). The van der Waals surface area contributed by atoms with Crippen LogP contribution in [0.25, 0.3) is 0 Å². The highest BCUT2D eigenvalue weighted by Gasteiger charge is 2.18. The maximum absolute atomic E-state index is 12.7. The molecule has 0 atom stereocenters. The lowest BCUT2D eigenvalue weighted by molar-refractivity contribution is 0.0959. The van der Waals surface area contributed by atoms with E-state index in [1.807, 2.05) is 6.92 Å². The average molecular weight is 484 g/mol. The Kier molecular flexibility index (Phi) is 7.52. The second kappa shape index (κ2) is 10.3. The van der Waals surface area contributed by atoms with E-state index in [4.69, 9.17) is 11.6 Å². The summed E-state index contributed by atoms with van der Waals surface area (Å²) >= 11 is 6.25. The first-order chi connectivity index (χ1) is 15.7. The molecule has 0 spiro atoms. The number of carbonyl (C=O) groups is 2. The summed E-state index contributed by atoms with van der Waals surface area (Å²) in [4.78, 5) is 25.2. The third-order valence-electron chi connectivity index (χ3n) is 4.63. The van der Waals surface area contributed by atoms with Gasteiger partial charge in [-0.05, 0) is 49.4 Å². The van der Waals surface area contributed by atoms with E-state index in [9.17, 15) is 18.0 Å². The van der Waals surface area contributed by atoms with Gasteiger partial charge < -0.3 is 10.6 Å². The van der Waals surface area contributed by atoms with Crippen molar-refractivity contribution >= 4 is 44.8 Å². The van der Waals surface area contributed by atoms with Crippen LogP contribution < -0.4 is 15.4 Å². The summed E-state index contributed by atoms with van der Waals surface area (Å²) in [6, 6.07) is 17.1. The molecule has 0 heterocycles. The number of aryl methyl sites for hydroxylation is 1. The van der Waals surface area contributed by atoms with Crippen molar-refractivity contribution in [2.24, 2.45) is 0 Å². The SMILES string of the molecule is C=CCNC(=O)c1ccccc1NC(=O)c1ccc(NS(=O)(=O)c2ccc(C)cc2)c(Cl)c1. The van der Waals surface area contributed by atoms with Crippen LogP contribution in [-0.2, 0) is 10.0 Å². The molecule has 3 rings (SSSR count). The van der Waals surface area contributed by atoms with Crippen LogP contribution in [0.15, 0.2) is 84.3 Å². The molecule has 0 aromatic heterocycles. The molecule has 170 valence electrons. The second-order valence-electron chi connectivity index (χ2n) is 7.11. The monoisotopic (exact) mass is 483 g/mol. The number of halogens is 1. The molecule has 0 aliphatic heterocycles. The number of hydrogen-bond donors (Lipinski definition) is 3. The van der Waals surface area contributed by atoms with Gasteiger partial charge in [0, 0.05) is 12.1 Å². The molecule has 7 nitrogen and oxygen atoms in total. The molecule has 0 radical (unpaired) electrons. The molecule has 0 saturated heterocycles. The normalized spacial score (nSPS) is 10.8. The second-order valence-corrected chi connectivity index (χ2v) is 9.20. The van der Waals surface area contributed by atoms with Crippen LogP contribution in [0.3, 0.4) is 0 Å². The summed E-state index contributed by atoms with van der Waals surface area (Å²) in [5.74, 6) is -0.862. The highest BCUT2D eigenvalue weighted by molar-refractivity contribution is 7.92. The summed E-state index contributed by atoms with van der Waals surface area (Å²) in [6.45, 7) is 5.70. The van der Waals surface area contributed by atoms with Crippen molar-refractivity contribution < 1.29 is 18.0 Å². The fourth-order valence-electron chi connectivity index (χ4n) is 2.90. The molecule has 3 aromatic carbocycles. The zero-order valence-corrected chi connectivity index (χ0v) is 19.3. The molecule has 0 aliphatic rings. The van der Waals surface area contributed by atoms with Gasteiger partial charge >= 0.3 is 0 Å². The first kappa shape index (κ1) is 24.0. The van der Waals surface area contributed by atoms with Crippen LogP contribution in [0.4, 0.5) is 11.4 Å². The Bertz CT molecular complexity index is 1310. The number of nitrogens with one attached hydrogen (secondary N) is 3. The molecule has 2 amide bonds.